The summed E-state index contributed by atoms with van der Waals surface area (Å²) in [5, 5.41) is 8.77. The Morgan fingerprint density at radius 1 is 1.62 bits per heavy atom. The van der Waals surface area contributed by atoms with E-state index in [1.165, 1.54) is 13.2 Å². The van der Waals surface area contributed by atoms with Gasteiger partial charge < -0.3 is 4.74 Å². The van der Waals surface area contributed by atoms with Crippen molar-refractivity contribution in [2.45, 2.75) is 6.42 Å². The van der Waals surface area contributed by atoms with Gasteiger partial charge in [0.05, 0.1) is 25.2 Å². The van der Waals surface area contributed by atoms with Gasteiger partial charge >= 0.3 is 5.97 Å². The molecule has 4 nitrogen and oxygen atoms in total. The number of nitriles is 1. The molecule has 5 heteroatoms. The van der Waals surface area contributed by atoms with Crippen LogP contribution in [0.2, 0.25) is 0 Å². The molecule has 0 aromatic heterocycles. The van der Waals surface area contributed by atoms with E-state index < -0.39 is 5.97 Å². The SMILES string of the molecule is COC(=O)Cc1cc(C#N)cc(C=O)c1Br. The number of carbonyl (C=O) groups excluding carboxylic acids is 2. The minimum Gasteiger partial charge on any atom is -0.469 e. The lowest BCUT2D eigenvalue weighted by Crippen LogP contribution is -2.06. The number of ether oxygens (including phenoxy) is 1. The van der Waals surface area contributed by atoms with E-state index in [0.717, 1.165) is 0 Å². The van der Waals surface area contributed by atoms with Crippen molar-refractivity contribution in [3.05, 3.63) is 33.3 Å². The molecule has 0 saturated heterocycles. The average Bonchev–Trinajstić information content (AvgIpc) is 2.31. The molecule has 0 bridgehead atoms. The van der Waals surface area contributed by atoms with Crippen molar-refractivity contribution in [1.82, 2.24) is 0 Å². The second kappa shape index (κ2) is 5.42. The van der Waals surface area contributed by atoms with Crippen molar-refractivity contribution >= 4 is 28.2 Å². The molecule has 0 aliphatic rings. The zero-order valence-electron chi connectivity index (χ0n) is 8.49. The van der Waals surface area contributed by atoms with Crippen molar-refractivity contribution in [2.24, 2.45) is 0 Å². The van der Waals surface area contributed by atoms with Crippen LogP contribution < -0.4 is 0 Å². The van der Waals surface area contributed by atoms with Crippen LogP contribution in [0.1, 0.15) is 21.5 Å². The van der Waals surface area contributed by atoms with Crippen LogP contribution in [0.25, 0.3) is 0 Å². The summed E-state index contributed by atoms with van der Waals surface area (Å²) in [7, 11) is 1.28. The number of benzene rings is 1. The minimum atomic E-state index is -0.423. The molecule has 0 amide bonds. The lowest BCUT2D eigenvalue weighted by Gasteiger charge is -2.06. The van der Waals surface area contributed by atoms with Gasteiger partial charge in [0.25, 0.3) is 0 Å². The molecule has 1 aromatic carbocycles. The van der Waals surface area contributed by atoms with E-state index in [-0.39, 0.29) is 6.42 Å². The number of nitrogens with zero attached hydrogens (tertiary/aromatic N) is 1. The number of rotatable bonds is 3. The fourth-order valence-corrected chi connectivity index (χ4v) is 1.68. The molecule has 0 atom stereocenters. The highest BCUT2D eigenvalue weighted by Gasteiger charge is 2.12. The van der Waals surface area contributed by atoms with Crippen LogP contribution in [-0.4, -0.2) is 19.4 Å². The minimum absolute atomic E-state index is 0.0213. The standard InChI is InChI=1S/C11H8BrNO3/c1-16-10(15)4-8-2-7(5-13)3-9(6-14)11(8)12/h2-3,6H,4H2,1H3. The molecule has 1 aromatic rings. The Hall–Kier alpha value is -1.67. The van der Waals surface area contributed by atoms with Gasteiger partial charge in [0.2, 0.25) is 0 Å². The van der Waals surface area contributed by atoms with Gasteiger partial charge in [0.1, 0.15) is 0 Å². The molecule has 0 saturated carbocycles. The Kier molecular flexibility index (Phi) is 4.20. The zero-order chi connectivity index (χ0) is 12.1. The van der Waals surface area contributed by atoms with Crippen LogP contribution in [0.3, 0.4) is 0 Å². The van der Waals surface area contributed by atoms with Crippen molar-refractivity contribution in [1.29, 1.82) is 5.26 Å². The van der Waals surface area contributed by atoms with Crippen LogP contribution in [0.5, 0.6) is 0 Å². The van der Waals surface area contributed by atoms with Crippen LogP contribution in [0.4, 0.5) is 0 Å². The van der Waals surface area contributed by atoms with E-state index in [1.54, 1.807) is 6.07 Å². The van der Waals surface area contributed by atoms with E-state index >= 15 is 0 Å². The maximum absolute atomic E-state index is 11.1. The number of hydrogen-bond acceptors (Lipinski definition) is 4. The quantitative estimate of drug-likeness (QED) is 0.626. The number of carbonyl (C=O) groups is 2. The summed E-state index contributed by atoms with van der Waals surface area (Å²) in [5.74, 6) is -0.423. The molecule has 1 rings (SSSR count). The third-order valence-electron chi connectivity index (χ3n) is 1.99. The van der Waals surface area contributed by atoms with E-state index in [9.17, 15) is 9.59 Å². The van der Waals surface area contributed by atoms with Gasteiger partial charge in [0.15, 0.2) is 6.29 Å². The second-order valence-corrected chi connectivity index (χ2v) is 3.81. The van der Waals surface area contributed by atoms with E-state index in [4.69, 9.17) is 5.26 Å². The maximum Gasteiger partial charge on any atom is 0.310 e. The van der Waals surface area contributed by atoms with Crippen LogP contribution in [0, 0.1) is 11.3 Å². The smallest absolute Gasteiger partial charge is 0.310 e. The molecule has 0 N–H and O–H groups in total. The van der Waals surface area contributed by atoms with E-state index in [0.29, 0.717) is 27.4 Å². The molecule has 0 spiro atoms. The third kappa shape index (κ3) is 2.67. The molecule has 0 fully saturated rings. The summed E-state index contributed by atoms with van der Waals surface area (Å²) in [6.45, 7) is 0. The molecule has 0 radical (unpaired) electrons. The monoisotopic (exact) mass is 281 g/mol. The van der Waals surface area contributed by atoms with Gasteiger partial charge in [-0.1, -0.05) is 0 Å². The van der Waals surface area contributed by atoms with Gasteiger partial charge in [-0.05, 0) is 33.6 Å². The van der Waals surface area contributed by atoms with Crippen molar-refractivity contribution < 1.29 is 14.3 Å². The largest absolute Gasteiger partial charge is 0.469 e. The Balaban J connectivity index is 3.22. The molecule has 0 unspecified atom stereocenters. The first-order valence-corrected chi connectivity index (χ1v) is 5.16. The molecule has 82 valence electrons. The Labute approximate surface area is 101 Å². The predicted octanol–water partition coefficient (Wildman–Crippen LogP) is 1.85. The number of hydrogen-bond donors (Lipinski definition) is 0. The highest BCUT2D eigenvalue weighted by atomic mass is 79.9. The topological polar surface area (TPSA) is 67.2 Å². The first-order valence-electron chi connectivity index (χ1n) is 4.37. The summed E-state index contributed by atoms with van der Waals surface area (Å²) in [5.41, 5.74) is 1.25. The normalized spacial score (nSPS) is 9.31. The van der Waals surface area contributed by atoms with Gasteiger partial charge in [0, 0.05) is 10.0 Å². The Morgan fingerprint density at radius 3 is 2.81 bits per heavy atom. The highest BCUT2D eigenvalue weighted by Crippen LogP contribution is 2.23. The van der Waals surface area contributed by atoms with Gasteiger partial charge in [-0.15, -0.1) is 0 Å². The molecular weight excluding hydrogens is 274 g/mol. The number of aldehydes is 1. The van der Waals surface area contributed by atoms with Crippen molar-refractivity contribution in [3.63, 3.8) is 0 Å². The van der Waals surface area contributed by atoms with E-state index in [1.807, 2.05) is 6.07 Å². The first kappa shape index (κ1) is 12.4. The lowest BCUT2D eigenvalue weighted by molar-refractivity contribution is -0.139. The fourth-order valence-electron chi connectivity index (χ4n) is 1.22. The van der Waals surface area contributed by atoms with Crippen LogP contribution in [-0.2, 0) is 16.0 Å². The summed E-state index contributed by atoms with van der Waals surface area (Å²) in [6.07, 6.45) is 0.652. The zero-order valence-corrected chi connectivity index (χ0v) is 10.1. The molecule has 0 heterocycles. The third-order valence-corrected chi connectivity index (χ3v) is 2.96. The summed E-state index contributed by atoms with van der Waals surface area (Å²) >= 11 is 3.21. The van der Waals surface area contributed by atoms with E-state index in [2.05, 4.69) is 20.7 Å². The number of halogens is 1. The predicted molar refractivity (Wildman–Crippen MR) is 60.0 cm³/mol. The number of esters is 1. The summed E-state index contributed by atoms with van der Waals surface area (Å²) in [4.78, 5) is 21.9. The van der Waals surface area contributed by atoms with Gasteiger partial charge in [-0.25, -0.2) is 0 Å². The molecule has 0 aliphatic carbocycles. The second-order valence-electron chi connectivity index (χ2n) is 3.02. The first-order chi connectivity index (χ1) is 7.62. The maximum atomic E-state index is 11.1. The van der Waals surface area contributed by atoms with Crippen molar-refractivity contribution in [2.75, 3.05) is 7.11 Å². The highest BCUT2D eigenvalue weighted by molar-refractivity contribution is 9.10. The summed E-state index contributed by atoms with van der Waals surface area (Å²) < 4.78 is 5.05. The van der Waals surface area contributed by atoms with Crippen LogP contribution in [0.15, 0.2) is 16.6 Å². The number of methoxy groups -OCH3 is 1. The molecule has 16 heavy (non-hydrogen) atoms. The van der Waals surface area contributed by atoms with Gasteiger partial charge in [-0.2, -0.15) is 5.26 Å². The van der Waals surface area contributed by atoms with Crippen LogP contribution >= 0.6 is 15.9 Å². The van der Waals surface area contributed by atoms with Gasteiger partial charge in [-0.3, -0.25) is 9.59 Å². The lowest BCUT2D eigenvalue weighted by atomic mass is 10.0. The molecular formula is C11H8BrNO3. The van der Waals surface area contributed by atoms with Crippen molar-refractivity contribution in [3.8, 4) is 6.07 Å². The molecule has 0 aliphatic heterocycles. The Morgan fingerprint density at radius 2 is 2.31 bits per heavy atom. The Bertz CT molecular complexity index is 477. The average molecular weight is 282 g/mol. The fraction of sp³-hybridized carbons (Fsp3) is 0.182. The summed E-state index contributed by atoms with van der Waals surface area (Å²) in [6, 6.07) is 4.93.